The maximum absolute atomic E-state index is 12.1. The highest BCUT2D eigenvalue weighted by Crippen LogP contribution is 2.31. The normalized spacial score (nSPS) is 22.0. The lowest BCUT2D eigenvalue weighted by Gasteiger charge is -2.32. The maximum Gasteiger partial charge on any atom is 0.281 e. The van der Waals surface area contributed by atoms with Crippen molar-refractivity contribution in [2.24, 2.45) is 5.92 Å². The Labute approximate surface area is 154 Å². The lowest BCUT2D eigenvalue weighted by atomic mass is 9.86. The molecule has 1 aliphatic rings. The Bertz CT molecular complexity index is 778. The molecule has 0 bridgehead atoms. The van der Waals surface area contributed by atoms with Crippen molar-refractivity contribution in [1.82, 2.24) is 13.6 Å². The van der Waals surface area contributed by atoms with Gasteiger partial charge in [-0.25, -0.2) is 4.98 Å². The molecule has 0 saturated heterocycles. The van der Waals surface area contributed by atoms with E-state index in [9.17, 15) is 8.42 Å². The number of anilines is 1. The Morgan fingerprint density at radius 3 is 2.48 bits per heavy atom. The number of hydrogen-bond acceptors (Lipinski definition) is 5. The van der Waals surface area contributed by atoms with Gasteiger partial charge >= 0.3 is 0 Å². The van der Waals surface area contributed by atoms with Crippen LogP contribution in [0.15, 0.2) is 24.3 Å². The van der Waals surface area contributed by atoms with E-state index >= 15 is 0 Å². The third-order valence-electron chi connectivity index (χ3n) is 4.84. The molecule has 1 saturated carbocycles. The molecule has 2 aromatic rings. The first-order chi connectivity index (χ1) is 11.9. The van der Waals surface area contributed by atoms with Gasteiger partial charge in [0.2, 0.25) is 0 Å². The van der Waals surface area contributed by atoms with E-state index in [0.717, 1.165) is 36.3 Å². The van der Waals surface area contributed by atoms with Gasteiger partial charge < -0.3 is 5.32 Å². The van der Waals surface area contributed by atoms with Crippen LogP contribution in [0.4, 0.5) is 5.13 Å². The van der Waals surface area contributed by atoms with Gasteiger partial charge in [-0.05, 0) is 43.7 Å². The van der Waals surface area contributed by atoms with Crippen molar-refractivity contribution in [3.63, 3.8) is 0 Å². The molecule has 1 aromatic heterocycles. The number of benzene rings is 1. The standard InChI is InChI=1S/C17H26N4O2S2/c1-20(2)25(22,23)21(3)12-13-8-10-14(11-9-13)18-17-19-15-6-4-5-7-16(15)24-17/h4-7,13-14H,8-12H2,1-3H3,(H,18,19). The molecule has 1 aliphatic carbocycles. The van der Waals surface area contributed by atoms with Crippen LogP contribution in [0.25, 0.3) is 10.2 Å². The van der Waals surface area contributed by atoms with Crippen LogP contribution in [0.1, 0.15) is 25.7 Å². The van der Waals surface area contributed by atoms with E-state index in [-0.39, 0.29) is 0 Å². The van der Waals surface area contributed by atoms with Crippen molar-refractivity contribution >= 4 is 36.9 Å². The SMILES string of the molecule is CN(C)S(=O)(=O)N(C)CC1CCC(Nc2nc3ccccc3s2)CC1. The molecule has 1 aromatic carbocycles. The fourth-order valence-corrected chi connectivity index (χ4v) is 5.23. The number of thiazole rings is 1. The lowest BCUT2D eigenvalue weighted by molar-refractivity contribution is 0.281. The Kier molecular flexibility index (Phi) is 5.62. The Balaban J connectivity index is 1.52. The summed E-state index contributed by atoms with van der Waals surface area (Å²) >= 11 is 1.69. The minimum atomic E-state index is -3.31. The highest BCUT2D eigenvalue weighted by Gasteiger charge is 2.27. The number of hydrogen-bond donors (Lipinski definition) is 1. The Hall–Kier alpha value is -1.22. The second-order valence-electron chi connectivity index (χ2n) is 6.92. The Morgan fingerprint density at radius 2 is 1.84 bits per heavy atom. The van der Waals surface area contributed by atoms with Crippen LogP contribution < -0.4 is 5.32 Å². The molecule has 1 fully saturated rings. The second-order valence-corrected chi connectivity index (χ2v) is 10.2. The van der Waals surface area contributed by atoms with Gasteiger partial charge in [0, 0.05) is 33.7 Å². The van der Waals surface area contributed by atoms with Gasteiger partial charge in [-0.15, -0.1) is 0 Å². The average Bonchev–Trinajstić information content (AvgIpc) is 2.98. The summed E-state index contributed by atoms with van der Waals surface area (Å²) in [7, 11) is 1.51. The van der Waals surface area contributed by atoms with E-state index in [2.05, 4.69) is 16.4 Å². The van der Waals surface area contributed by atoms with Gasteiger partial charge in [0.05, 0.1) is 10.2 Å². The van der Waals surface area contributed by atoms with Gasteiger partial charge in [-0.1, -0.05) is 23.5 Å². The molecule has 3 rings (SSSR count). The molecule has 1 N–H and O–H groups in total. The maximum atomic E-state index is 12.1. The van der Waals surface area contributed by atoms with E-state index in [1.165, 1.54) is 13.3 Å². The van der Waals surface area contributed by atoms with E-state index in [1.54, 1.807) is 32.5 Å². The average molecular weight is 383 g/mol. The molecular formula is C17H26N4O2S2. The summed E-state index contributed by atoms with van der Waals surface area (Å²) in [5.41, 5.74) is 1.04. The van der Waals surface area contributed by atoms with Gasteiger partial charge in [-0.2, -0.15) is 17.0 Å². The first-order valence-electron chi connectivity index (χ1n) is 8.62. The summed E-state index contributed by atoms with van der Waals surface area (Å²) in [5, 5.41) is 4.54. The fraction of sp³-hybridized carbons (Fsp3) is 0.588. The minimum Gasteiger partial charge on any atom is -0.359 e. The van der Waals surface area contributed by atoms with Gasteiger partial charge in [0.15, 0.2) is 5.13 Å². The highest BCUT2D eigenvalue weighted by atomic mass is 32.2. The zero-order valence-corrected chi connectivity index (χ0v) is 16.6. The molecule has 0 spiro atoms. The van der Waals surface area contributed by atoms with Crippen LogP contribution in [0, 0.1) is 5.92 Å². The van der Waals surface area contributed by atoms with Crippen molar-refractivity contribution in [1.29, 1.82) is 0 Å². The summed E-state index contributed by atoms with van der Waals surface area (Å²) in [6, 6.07) is 8.60. The largest absolute Gasteiger partial charge is 0.359 e. The van der Waals surface area contributed by atoms with Gasteiger partial charge in [-0.3, -0.25) is 0 Å². The lowest BCUT2D eigenvalue weighted by Crippen LogP contribution is -2.41. The molecule has 0 aliphatic heterocycles. The molecule has 0 radical (unpaired) electrons. The zero-order chi connectivity index (χ0) is 18.0. The summed E-state index contributed by atoms with van der Waals surface area (Å²) in [4.78, 5) is 4.64. The summed E-state index contributed by atoms with van der Waals surface area (Å²) in [5.74, 6) is 0.424. The summed E-state index contributed by atoms with van der Waals surface area (Å²) in [6.07, 6.45) is 4.18. The predicted octanol–water partition coefficient (Wildman–Crippen LogP) is 3.01. The number of nitrogens with one attached hydrogen (secondary N) is 1. The van der Waals surface area contributed by atoms with Crippen LogP contribution in [-0.4, -0.2) is 55.7 Å². The van der Waals surface area contributed by atoms with Gasteiger partial charge in [0.25, 0.3) is 10.2 Å². The summed E-state index contributed by atoms with van der Waals surface area (Å²) in [6.45, 7) is 0.592. The predicted molar refractivity (Wildman–Crippen MR) is 104 cm³/mol. The molecule has 25 heavy (non-hydrogen) atoms. The first-order valence-corrected chi connectivity index (χ1v) is 10.8. The van der Waals surface area contributed by atoms with Gasteiger partial charge in [0.1, 0.15) is 0 Å². The minimum absolute atomic E-state index is 0.424. The molecule has 6 nitrogen and oxygen atoms in total. The monoisotopic (exact) mass is 382 g/mol. The second kappa shape index (κ2) is 7.57. The number of aromatic nitrogens is 1. The van der Waals surface area contributed by atoms with E-state index < -0.39 is 10.2 Å². The smallest absolute Gasteiger partial charge is 0.281 e. The molecule has 138 valence electrons. The van der Waals surface area contributed by atoms with E-state index in [4.69, 9.17) is 0 Å². The highest BCUT2D eigenvalue weighted by molar-refractivity contribution is 7.86. The van der Waals surface area contributed by atoms with E-state index in [0.29, 0.717) is 18.5 Å². The van der Waals surface area contributed by atoms with Crippen molar-refractivity contribution in [3.8, 4) is 0 Å². The fourth-order valence-electron chi connectivity index (χ4n) is 3.33. The number of para-hydroxylation sites is 1. The van der Waals surface area contributed by atoms with E-state index in [1.807, 2.05) is 18.2 Å². The number of rotatable bonds is 6. The van der Waals surface area contributed by atoms with Crippen molar-refractivity contribution in [2.75, 3.05) is 33.0 Å². The first kappa shape index (κ1) is 18.6. The molecule has 1 heterocycles. The third kappa shape index (κ3) is 4.31. The van der Waals surface area contributed by atoms with Crippen LogP contribution in [-0.2, 0) is 10.2 Å². The zero-order valence-electron chi connectivity index (χ0n) is 15.0. The van der Waals surface area contributed by atoms with Crippen LogP contribution in [0.3, 0.4) is 0 Å². The van der Waals surface area contributed by atoms with Crippen LogP contribution in [0.5, 0.6) is 0 Å². The molecule has 0 unspecified atom stereocenters. The quantitative estimate of drug-likeness (QED) is 0.834. The molecular weight excluding hydrogens is 356 g/mol. The summed E-state index contributed by atoms with van der Waals surface area (Å²) < 4.78 is 28.2. The third-order valence-corrected chi connectivity index (χ3v) is 7.67. The number of fused-ring (bicyclic) bond motifs is 1. The van der Waals surface area contributed by atoms with Crippen LogP contribution in [0.2, 0.25) is 0 Å². The van der Waals surface area contributed by atoms with Crippen molar-refractivity contribution in [3.05, 3.63) is 24.3 Å². The van der Waals surface area contributed by atoms with Crippen molar-refractivity contribution < 1.29 is 8.42 Å². The molecule has 8 heteroatoms. The van der Waals surface area contributed by atoms with Crippen molar-refractivity contribution in [2.45, 2.75) is 31.7 Å². The number of nitrogens with zero attached hydrogens (tertiary/aromatic N) is 3. The van der Waals surface area contributed by atoms with Crippen LogP contribution >= 0.6 is 11.3 Å². The molecule has 0 amide bonds. The molecule has 0 atom stereocenters. The topological polar surface area (TPSA) is 65.5 Å². The Morgan fingerprint density at radius 1 is 1.16 bits per heavy atom.